The van der Waals surface area contributed by atoms with Crippen molar-refractivity contribution >= 4 is 51.4 Å². The fourth-order valence-electron chi connectivity index (χ4n) is 3.41. The highest BCUT2D eigenvalue weighted by molar-refractivity contribution is 7.09. The molecule has 0 spiro atoms. The minimum Gasteiger partial charge on any atom is -0.370 e. The summed E-state index contributed by atoms with van der Waals surface area (Å²) in [5, 5.41) is 4.97. The molecule has 0 unspecified atom stereocenters. The molecular weight excluding hydrogens is 431 g/mol. The van der Waals surface area contributed by atoms with Crippen LogP contribution in [-0.2, 0) is 11.3 Å². The first-order valence-electron chi connectivity index (χ1n) is 8.65. The monoisotopic (exact) mass is 447 g/mol. The molecule has 2 atom stereocenters. The molecule has 1 aliphatic rings. The van der Waals surface area contributed by atoms with Crippen LogP contribution in [0.5, 0.6) is 0 Å². The lowest BCUT2D eigenvalue weighted by Gasteiger charge is -2.30. The summed E-state index contributed by atoms with van der Waals surface area (Å²) in [6.45, 7) is -2.05. The zero-order valence-electron chi connectivity index (χ0n) is 14.5. The van der Waals surface area contributed by atoms with Gasteiger partial charge in [0.2, 0.25) is 5.28 Å². The number of alkyl halides is 2. The van der Waals surface area contributed by atoms with E-state index in [1.54, 1.807) is 0 Å². The third-order valence-corrected chi connectivity index (χ3v) is 6.05. The number of nitrogens with two attached hydrogens (primary N) is 1. The lowest BCUT2D eigenvalue weighted by atomic mass is 10.0. The van der Waals surface area contributed by atoms with Gasteiger partial charge in [0, 0.05) is 17.5 Å². The molecule has 3 aromatic heterocycles. The van der Waals surface area contributed by atoms with Gasteiger partial charge in [-0.05, 0) is 35.9 Å². The maximum atomic E-state index is 14.1. The summed E-state index contributed by atoms with van der Waals surface area (Å²) < 4.78 is 34.8. The topological polar surface area (TPSA) is 78.0 Å². The summed E-state index contributed by atoms with van der Waals surface area (Å²) in [5.74, 6) is 0.182. The van der Waals surface area contributed by atoms with Gasteiger partial charge in [-0.1, -0.05) is 17.7 Å². The molecule has 6 nitrogen and oxygen atoms in total. The Morgan fingerprint density at radius 2 is 2.21 bits per heavy atom. The Morgan fingerprint density at radius 1 is 1.39 bits per heavy atom. The van der Waals surface area contributed by atoms with E-state index in [1.807, 2.05) is 17.5 Å². The Labute approximate surface area is 173 Å². The van der Waals surface area contributed by atoms with Crippen LogP contribution in [0, 0.1) is 0 Å². The van der Waals surface area contributed by atoms with E-state index >= 15 is 0 Å². The fourth-order valence-corrected chi connectivity index (χ4v) is 4.56. The molecule has 0 radical (unpaired) electrons. The third kappa shape index (κ3) is 3.57. The number of anilines is 1. The number of hydrogen-bond donors (Lipinski definition) is 2. The molecular formula is C17H17Cl2F2N5OS. The largest absolute Gasteiger partial charge is 0.370 e. The van der Waals surface area contributed by atoms with E-state index in [0.717, 1.165) is 15.9 Å². The number of ether oxygens (including phenoxy) is 1. The van der Waals surface area contributed by atoms with Gasteiger partial charge in [-0.2, -0.15) is 13.8 Å². The highest BCUT2D eigenvalue weighted by Crippen LogP contribution is 2.42. The molecule has 0 bridgehead atoms. The van der Waals surface area contributed by atoms with Crippen LogP contribution in [-0.4, -0.2) is 27.2 Å². The van der Waals surface area contributed by atoms with Gasteiger partial charge >= 0.3 is 6.55 Å². The zero-order valence-corrected chi connectivity index (χ0v) is 16.9. The molecule has 0 aromatic carbocycles. The summed E-state index contributed by atoms with van der Waals surface area (Å²) >= 11 is 14.1. The summed E-state index contributed by atoms with van der Waals surface area (Å²) in [6.07, 6.45) is 0.666. The van der Waals surface area contributed by atoms with E-state index in [0.29, 0.717) is 19.6 Å². The van der Waals surface area contributed by atoms with Crippen LogP contribution in [0.15, 0.2) is 17.5 Å². The quantitative estimate of drug-likeness (QED) is 0.538. The SMILES string of the molecule is N[C@@H]1CCCO[C@H]1c1c(Cl)c2nc(Cl)nc(NCc3cccs3)c2n1C(F)F. The molecule has 3 aromatic rings. The maximum Gasteiger partial charge on any atom is 0.319 e. The molecule has 0 amide bonds. The van der Waals surface area contributed by atoms with Crippen molar-refractivity contribution in [3.63, 3.8) is 0 Å². The number of rotatable bonds is 5. The highest BCUT2D eigenvalue weighted by atomic mass is 35.5. The Balaban J connectivity index is 1.87. The van der Waals surface area contributed by atoms with Crippen molar-refractivity contribution in [3.05, 3.63) is 38.4 Å². The minimum atomic E-state index is -2.88. The number of aromatic nitrogens is 3. The molecule has 0 saturated carbocycles. The van der Waals surface area contributed by atoms with Gasteiger partial charge in [0.05, 0.1) is 17.3 Å². The molecule has 0 aliphatic carbocycles. The van der Waals surface area contributed by atoms with Crippen LogP contribution in [0.3, 0.4) is 0 Å². The molecule has 150 valence electrons. The molecule has 4 heterocycles. The molecule has 1 aliphatic heterocycles. The predicted octanol–water partition coefficient (Wildman–Crippen LogP) is 4.99. The van der Waals surface area contributed by atoms with Crippen molar-refractivity contribution in [1.29, 1.82) is 0 Å². The van der Waals surface area contributed by atoms with Crippen molar-refractivity contribution in [2.75, 3.05) is 11.9 Å². The summed E-state index contributed by atoms with van der Waals surface area (Å²) in [4.78, 5) is 9.24. The van der Waals surface area contributed by atoms with E-state index in [1.165, 1.54) is 11.3 Å². The number of hydrogen-bond acceptors (Lipinski definition) is 6. The molecule has 3 N–H and O–H groups in total. The van der Waals surface area contributed by atoms with Crippen LogP contribution in [0.1, 0.15) is 36.1 Å². The van der Waals surface area contributed by atoms with E-state index < -0.39 is 18.7 Å². The summed E-state index contributed by atoms with van der Waals surface area (Å²) in [6, 6.07) is 3.39. The van der Waals surface area contributed by atoms with E-state index in [2.05, 4.69) is 15.3 Å². The Morgan fingerprint density at radius 3 is 2.89 bits per heavy atom. The van der Waals surface area contributed by atoms with E-state index in [4.69, 9.17) is 33.7 Å². The normalized spacial score (nSPS) is 20.2. The first kappa shape index (κ1) is 19.8. The van der Waals surface area contributed by atoms with Crippen molar-refractivity contribution in [2.45, 2.75) is 38.1 Å². The van der Waals surface area contributed by atoms with Crippen molar-refractivity contribution in [2.24, 2.45) is 5.73 Å². The number of fused-ring (bicyclic) bond motifs is 1. The minimum absolute atomic E-state index is 0.0566. The van der Waals surface area contributed by atoms with Gasteiger partial charge in [0.15, 0.2) is 5.82 Å². The predicted molar refractivity (Wildman–Crippen MR) is 106 cm³/mol. The smallest absolute Gasteiger partial charge is 0.319 e. The second-order valence-electron chi connectivity index (χ2n) is 6.42. The first-order valence-corrected chi connectivity index (χ1v) is 10.3. The van der Waals surface area contributed by atoms with Crippen molar-refractivity contribution in [3.8, 4) is 0 Å². The standard InChI is InChI=1S/C17H17Cl2F2N5OS/c18-10-11-13(15(25-16(19)24-11)23-7-8-3-2-6-28-8)26(17(20)21)12(10)14-9(22)4-1-5-27-14/h2-3,6,9,14,17H,1,4-5,7,22H2,(H,23,24,25)/t9-,14-/m1/s1. The average Bonchev–Trinajstić information content (AvgIpc) is 3.27. The van der Waals surface area contributed by atoms with Crippen molar-refractivity contribution < 1.29 is 13.5 Å². The first-order chi connectivity index (χ1) is 13.5. The third-order valence-electron chi connectivity index (χ3n) is 4.63. The molecule has 1 saturated heterocycles. The van der Waals surface area contributed by atoms with Crippen molar-refractivity contribution in [1.82, 2.24) is 14.5 Å². The van der Waals surface area contributed by atoms with Crippen LogP contribution < -0.4 is 11.1 Å². The number of nitrogens with zero attached hydrogens (tertiary/aromatic N) is 3. The van der Waals surface area contributed by atoms with Crippen LogP contribution in [0.2, 0.25) is 10.3 Å². The van der Waals surface area contributed by atoms with Crippen LogP contribution in [0.4, 0.5) is 14.6 Å². The second kappa shape index (κ2) is 8.08. The van der Waals surface area contributed by atoms with Gasteiger partial charge in [0.1, 0.15) is 17.1 Å². The number of halogens is 4. The van der Waals surface area contributed by atoms with Gasteiger partial charge < -0.3 is 15.8 Å². The molecule has 28 heavy (non-hydrogen) atoms. The van der Waals surface area contributed by atoms with Gasteiger partial charge in [0.25, 0.3) is 0 Å². The number of thiophene rings is 1. The number of nitrogens with one attached hydrogen (secondary N) is 1. The van der Waals surface area contributed by atoms with Crippen LogP contribution in [0.25, 0.3) is 11.0 Å². The van der Waals surface area contributed by atoms with Gasteiger partial charge in [-0.25, -0.2) is 4.98 Å². The van der Waals surface area contributed by atoms with Gasteiger partial charge in [-0.15, -0.1) is 11.3 Å². The van der Waals surface area contributed by atoms with Crippen LogP contribution >= 0.6 is 34.5 Å². The Kier molecular flexibility index (Phi) is 5.71. The maximum absolute atomic E-state index is 14.1. The van der Waals surface area contributed by atoms with E-state index in [9.17, 15) is 8.78 Å². The Bertz CT molecular complexity index is 982. The Hall–Kier alpha value is -1.52. The fraction of sp³-hybridized carbons (Fsp3) is 0.412. The summed E-state index contributed by atoms with van der Waals surface area (Å²) in [7, 11) is 0. The molecule has 11 heteroatoms. The summed E-state index contributed by atoms with van der Waals surface area (Å²) in [5.41, 5.74) is 6.48. The molecule has 4 rings (SSSR count). The van der Waals surface area contributed by atoms with E-state index in [-0.39, 0.29) is 32.9 Å². The molecule has 1 fully saturated rings. The lowest BCUT2D eigenvalue weighted by molar-refractivity contribution is -0.0141. The highest BCUT2D eigenvalue weighted by Gasteiger charge is 2.35. The second-order valence-corrected chi connectivity index (χ2v) is 8.16. The lowest BCUT2D eigenvalue weighted by Crippen LogP contribution is -2.35. The average molecular weight is 448 g/mol. The zero-order chi connectivity index (χ0) is 19.8. The van der Waals surface area contributed by atoms with Gasteiger partial charge in [-0.3, -0.25) is 4.57 Å².